The number of benzene rings is 2. The minimum atomic E-state index is -2.19. The SMILES string of the molecule is CC1=[C]([Hf+2]([C]2=C(C)C(c3ccc(F)cc3)=CC2)=[Si](C)C)CC=C1c1ccc(F)cc1.[Cl-].[Cl-]. The third-order valence-corrected chi connectivity index (χ3v) is 31.4. The van der Waals surface area contributed by atoms with E-state index in [0.717, 1.165) is 24.0 Å². The second kappa shape index (κ2) is 11.4. The van der Waals surface area contributed by atoms with Gasteiger partial charge >= 0.3 is 187 Å². The van der Waals surface area contributed by atoms with Crippen LogP contribution in [0.25, 0.3) is 11.1 Å². The van der Waals surface area contributed by atoms with E-state index in [0.29, 0.717) is 0 Å². The molecule has 0 amide bonds. The number of hydrogen-bond acceptors (Lipinski definition) is 0. The van der Waals surface area contributed by atoms with Gasteiger partial charge in [-0.25, -0.2) is 0 Å². The van der Waals surface area contributed by atoms with Gasteiger partial charge in [0.2, 0.25) is 0 Å². The Balaban J connectivity index is 0.00000181. The number of halogens is 4. The maximum atomic E-state index is 13.4. The molecular formula is C26H26Cl2F2HfSi. The Morgan fingerprint density at radius 3 is 1.31 bits per heavy atom. The van der Waals surface area contributed by atoms with Crippen molar-refractivity contribution in [2.24, 2.45) is 0 Å². The minimum absolute atomic E-state index is 0. The van der Waals surface area contributed by atoms with Gasteiger partial charge in [-0.15, -0.1) is 0 Å². The number of allylic oxidation sites excluding steroid dienone is 8. The van der Waals surface area contributed by atoms with Crippen LogP contribution in [-0.4, -0.2) is 5.49 Å². The topological polar surface area (TPSA) is 0 Å². The number of rotatable bonds is 4. The summed E-state index contributed by atoms with van der Waals surface area (Å²) in [6, 6.07) is 13.8. The van der Waals surface area contributed by atoms with Crippen molar-refractivity contribution >= 4 is 16.6 Å². The van der Waals surface area contributed by atoms with Gasteiger partial charge in [0.25, 0.3) is 0 Å². The minimum Gasteiger partial charge on any atom is -1.00 e. The van der Waals surface area contributed by atoms with Gasteiger partial charge in [0.1, 0.15) is 0 Å². The van der Waals surface area contributed by atoms with Gasteiger partial charge in [0.05, 0.1) is 0 Å². The molecule has 0 aromatic heterocycles. The summed E-state index contributed by atoms with van der Waals surface area (Å²) in [5.41, 5.74) is 7.28. The molecule has 0 saturated heterocycles. The molecule has 0 nitrogen and oxygen atoms in total. The maximum absolute atomic E-state index is 13.4. The smallest absolute Gasteiger partial charge is 1.00 e. The summed E-state index contributed by atoms with van der Waals surface area (Å²) in [5.74, 6) is -0.370. The Labute approximate surface area is 210 Å². The van der Waals surface area contributed by atoms with Gasteiger partial charge in [-0.3, -0.25) is 0 Å². The van der Waals surface area contributed by atoms with Crippen molar-refractivity contribution in [2.45, 2.75) is 39.8 Å². The third-order valence-electron chi connectivity index (χ3n) is 6.15. The molecule has 0 heterocycles. The molecule has 0 fully saturated rings. The molecular weight excluding hydrogens is 628 g/mol. The normalized spacial score (nSPS) is 14.9. The molecule has 0 aliphatic heterocycles. The Morgan fingerprint density at radius 1 is 0.656 bits per heavy atom. The van der Waals surface area contributed by atoms with Crippen molar-refractivity contribution in [2.75, 3.05) is 0 Å². The molecule has 0 radical (unpaired) electrons. The van der Waals surface area contributed by atoms with Crippen LogP contribution in [0.5, 0.6) is 0 Å². The van der Waals surface area contributed by atoms with Gasteiger partial charge in [0, 0.05) is 0 Å². The Kier molecular flexibility index (Phi) is 9.66. The summed E-state index contributed by atoms with van der Waals surface area (Å²) in [5, 5.41) is 0. The average Bonchev–Trinajstić information content (AvgIpc) is 3.27. The van der Waals surface area contributed by atoms with Crippen molar-refractivity contribution in [3.8, 4) is 0 Å². The van der Waals surface area contributed by atoms with E-state index in [1.807, 2.05) is 24.3 Å². The first kappa shape index (κ1) is 27.2. The molecule has 0 atom stereocenters. The quantitative estimate of drug-likeness (QED) is 0.441. The maximum Gasteiger partial charge on any atom is -1.00 e. The van der Waals surface area contributed by atoms with E-state index in [4.69, 9.17) is 0 Å². The monoisotopic (exact) mass is 654 g/mol. The molecule has 0 unspecified atom stereocenters. The summed E-state index contributed by atoms with van der Waals surface area (Å²) in [7, 11) is 0. The van der Waals surface area contributed by atoms with E-state index >= 15 is 0 Å². The van der Waals surface area contributed by atoms with Crippen LogP contribution in [0, 0.1) is 11.6 Å². The fraction of sp³-hybridized carbons (Fsp3) is 0.231. The van der Waals surface area contributed by atoms with E-state index < -0.39 is 25.6 Å². The van der Waals surface area contributed by atoms with Crippen molar-refractivity contribution < 1.29 is 53.7 Å². The van der Waals surface area contributed by atoms with Gasteiger partial charge in [-0.05, 0) is 0 Å². The third kappa shape index (κ3) is 5.35. The van der Waals surface area contributed by atoms with E-state index in [2.05, 4.69) is 39.1 Å². The zero-order chi connectivity index (χ0) is 21.4. The second-order valence-corrected chi connectivity index (χ2v) is 32.1. The largest absolute Gasteiger partial charge is 1.00 e. The summed E-state index contributed by atoms with van der Waals surface area (Å²) in [6.07, 6.45) is 6.82. The van der Waals surface area contributed by atoms with Crippen LogP contribution < -0.4 is 24.8 Å². The molecule has 0 bridgehead atoms. The van der Waals surface area contributed by atoms with Crippen LogP contribution in [-0.2, 0) is 20.1 Å². The summed E-state index contributed by atoms with van der Waals surface area (Å²) in [4.78, 5) is 0. The van der Waals surface area contributed by atoms with Crippen LogP contribution in [0.1, 0.15) is 37.8 Å². The number of hydrogen-bond donors (Lipinski definition) is 0. The Hall–Kier alpha value is -1.07. The predicted molar refractivity (Wildman–Crippen MR) is 121 cm³/mol. The zero-order valence-corrected chi connectivity index (χ0v) is 24.8. The van der Waals surface area contributed by atoms with Crippen LogP contribution in [0.15, 0.2) is 78.5 Å². The molecule has 0 spiro atoms. The van der Waals surface area contributed by atoms with Crippen LogP contribution >= 0.6 is 0 Å². The summed E-state index contributed by atoms with van der Waals surface area (Å²) >= 11 is -2.19. The molecule has 4 rings (SSSR count). The molecule has 166 valence electrons. The average molecular weight is 654 g/mol. The molecule has 0 saturated carbocycles. The standard InChI is InChI=1S/2C12H10F.C2H6Si.2ClH.Hf/c2*1-9-3-2-4-12(9)10-5-7-11(13)8-6-10;1-3-2;;;/h2*4-8H,2H2,1H3;1-2H3;2*1H;/q;;;;;+2/p-2. The molecule has 2 aromatic carbocycles. The molecule has 2 aliphatic carbocycles. The molecule has 32 heavy (non-hydrogen) atoms. The Morgan fingerprint density at radius 2 is 1.00 bits per heavy atom. The molecule has 2 aliphatic rings. The van der Waals surface area contributed by atoms with Gasteiger partial charge in [-0.1, -0.05) is 0 Å². The zero-order valence-electron chi connectivity index (χ0n) is 18.7. The fourth-order valence-electron chi connectivity index (χ4n) is 4.64. The summed E-state index contributed by atoms with van der Waals surface area (Å²) < 4.78 is 30.2. The van der Waals surface area contributed by atoms with Crippen LogP contribution in [0.2, 0.25) is 13.1 Å². The molecule has 0 N–H and O–H groups in total. The van der Waals surface area contributed by atoms with Crippen molar-refractivity contribution in [3.05, 3.63) is 101 Å². The van der Waals surface area contributed by atoms with Crippen molar-refractivity contribution in [1.82, 2.24) is 0 Å². The predicted octanol–water partition coefficient (Wildman–Crippen LogP) is 1.66. The van der Waals surface area contributed by atoms with E-state index in [1.54, 1.807) is 30.9 Å². The van der Waals surface area contributed by atoms with Gasteiger partial charge in [-0.2, -0.15) is 0 Å². The first-order chi connectivity index (χ1) is 14.4. The van der Waals surface area contributed by atoms with E-state index in [9.17, 15) is 8.78 Å². The van der Waals surface area contributed by atoms with Gasteiger partial charge in [0.15, 0.2) is 0 Å². The summed E-state index contributed by atoms with van der Waals surface area (Å²) in [6.45, 7) is 9.51. The van der Waals surface area contributed by atoms with Crippen LogP contribution in [0.4, 0.5) is 8.78 Å². The van der Waals surface area contributed by atoms with Gasteiger partial charge < -0.3 is 24.8 Å². The fourth-order valence-corrected chi connectivity index (χ4v) is 30.8. The van der Waals surface area contributed by atoms with Crippen molar-refractivity contribution in [3.63, 3.8) is 0 Å². The molecule has 2 aromatic rings. The van der Waals surface area contributed by atoms with Crippen LogP contribution in [0.3, 0.4) is 0 Å². The second-order valence-electron chi connectivity index (χ2n) is 8.24. The Bertz CT molecular complexity index is 1080. The van der Waals surface area contributed by atoms with Crippen molar-refractivity contribution in [1.29, 1.82) is 0 Å². The van der Waals surface area contributed by atoms with E-state index in [1.165, 1.54) is 22.3 Å². The van der Waals surface area contributed by atoms with E-state index in [-0.39, 0.29) is 36.4 Å². The first-order valence-electron chi connectivity index (χ1n) is 10.4. The molecule has 6 heteroatoms. The first-order valence-corrected chi connectivity index (χ1v) is 21.9.